The van der Waals surface area contributed by atoms with Crippen LogP contribution in [0, 0.1) is 6.33 Å². The molecule has 82 heavy (non-hydrogen) atoms. The molecule has 0 N–H and O–H groups in total. The summed E-state index contributed by atoms with van der Waals surface area (Å²) in [5.41, 5.74) is 20.9. The second-order valence-corrected chi connectivity index (χ2v) is 25.2. The lowest BCUT2D eigenvalue weighted by Crippen LogP contribution is -2.61. The molecule has 14 rings (SSSR count). The molecular weight excluding hydrogens is 1000 g/mol. The lowest BCUT2D eigenvalue weighted by Gasteiger charge is -2.44. The van der Waals surface area contributed by atoms with E-state index in [1.807, 2.05) is 22.9 Å². The Morgan fingerprint density at radius 2 is 1.04 bits per heavy atom. The van der Waals surface area contributed by atoms with Gasteiger partial charge in [0, 0.05) is 69.6 Å². The van der Waals surface area contributed by atoms with Crippen molar-refractivity contribution in [1.82, 2.24) is 14.1 Å². The number of aromatic nitrogens is 4. The number of fused-ring (bicyclic) bond motifs is 7. The first-order valence-electron chi connectivity index (χ1n) is 28.6. The summed E-state index contributed by atoms with van der Waals surface area (Å²) in [7, 11) is 0. The molecule has 7 nitrogen and oxygen atoms in total. The van der Waals surface area contributed by atoms with Crippen molar-refractivity contribution >= 4 is 79.0 Å². The average Bonchev–Trinajstić information content (AvgIpc) is 1.06. The first kappa shape index (κ1) is 50.8. The minimum absolute atomic E-state index is 0.000533. The van der Waals surface area contributed by atoms with Gasteiger partial charge in [0.1, 0.15) is 17.3 Å². The van der Waals surface area contributed by atoms with E-state index in [4.69, 9.17) is 9.72 Å². The summed E-state index contributed by atoms with van der Waals surface area (Å²) >= 11 is 0. The van der Waals surface area contributed by atoms with E-state index in [1.54, 1.807) is 0 Å². The van der Waals surface area contributed by atoms with Crippen molar-refractivity contribution in [2.45, 2.75) is 78.6 Å². The number of anilines is 6. The van der Waals surface area contributed by atoms with Crippen molar-refractivity contribution in [2.24, 2.45) is 0 Å². The Hall–Kier alpha value is -9.40. The molecule has 0 spiro atoms. The Labute approximate surface area is 482 Å². The van der Waals surface area contributed by atoms with Gasteiger partial charge < -0.3 is 14.5 Å². The number of benzene rings is 9. The molecular formula is C74H65BN6O. The third-order valence-corrected chi connectivity index (χ3v) is 16.7. The average molecular weight is 1070 g/mol. The zero-order chi connectivity index (χ0) is 56.2. The van der Waals surface area contributed by atoms with E-state index < -0.39 is 0 Å². The Morgan fingerprint density at radius 1 is 0.451 bits per heavy atom. The summed E-state index contributed by atoms with van der Waals surface area (Å²) in [4.78, 5) is 10.0. The molecule has 0 fully saturated rings. The number of pyridine rings is 1. The van der Waals surface area contributed by atoms with Crippen LogP contribution in [0.15, 0.2) is 231 Å². The van der Waals surface area contributed by atoms with Crippen molar-refractivity contribution in [3.8, 4) is 39.8 Å². The van der Waals surface area contributed by atoms with E-state index in [1.165, 1.54) is 55.8 Å². The van der Waals surface area contributed by atoms with Crippen molar-refractivity contribution in [2.75, 3.05) is 9.80 Å². The molecule has 3 aromatic heterocycles. The highest BCUT2D eigenvalue weighted by atomic mass is 16.5. The Balaban J connectivity index is 0.904. The van der Waals surface area contributed by atoms with Crippen LogP contribution in [0.5, 0.6) is 11.5 Å². The topological polar surface area (TPSA) is 42.3 Å². The summed E-state index contributed by atoms with van der Waals surface area (Å²) in [6.07, 6.45) is 9.69. The summed E-state index contributed by atoms with van der Waals surface area (Å²) in [6.45, 7) is 20.4. The third kappa shape index (κ3) is 8.76. The van der Waals surface area contributed by atoms with Gasteiger partial charge in [0.2, 0.25) is 0 Å². The minimum atomic E-state index is -0.0841. The molecule has 12 aromatic rings. The molecule has 0 amide bonds. The maximum absolute atomic E-state index is 6.86. The third-order valence-electron chi connectivity index (χ3n) is 16.7. The van der Waals surface area contributed by atoms with Gasteiger partial charge in [0.15, 0.2) is 0 Å². The molecule has 8 heteroatoms. The molecule has 0 saturated carbocycles. The lowest BCUT2D eigenvalue weighted by molar-refractivity contribution is -0.599. The molecule has 9 aromatic carbocycles. The van der Waals surface area contributed by atoms with E-state index >= 15 is 0 Å². The zero-order valence-corrected chi connectivity index (χ0v) is 48.1. The minimum Gasteiger partial charge on any atom is -0.458 e. The molecule has 0 bridgehead atoms. The second kappa shape index (κ2) is 19.1. The second-order valence-electron chi connectivity index (χ2n) is 25.2. The Kier molecular flexibility index (Phi) is 11.9. The van der Waals surface area contributed by atoms with Crippen LogP contribution in [0.4, 0.5) is 34.1 Å². The van der Waals surface area contributed by atoms with E-state index in [2.05, 4.69) is 300 Å². The summed E-state index contributed by atoms with van der Waals surface area (Å²) in [5.74, 6) is 2.31. The number of hydrogen-bond donors (Lipinski definition) is 0. The van der Waals surface area contributed by atoms with Gasteiger partial charge in [-0.25, -0.2) is 4.98 Å². The lowest BCUT2D eigenvalue weighted by atomic mass is 9.33. The fourth-order valence-electron chi connectivity index (χ4n) is 12.3. The molecule has 2 aliphatic rings. The van der Waals surface area contributed by atoms with Crippen molar-refractivity contribution < 1.29 is 9.30 Å². The molecule has 0 atom stereocenters. The van der Waals surface area contributed by atoms with Gasteiger partial charge in [-0.05, 0) is 176 Å². The highest BCUT2D eigenvalue weighted by Gasteiger charge is 2.43. The van der Waals surface area contributed by atoms with Gasteiger partial charge in [0.25, 0.3) is 13.0 Å². The summed E-state index contributed by atoms with van der Waals surface area (Å²) in [5, 5.41) is 2.24. The summed E-state index contributed by atoms with van der Waals surface area (Å²) in [6, 6.07) is 77.5. The number of hydrogen-bond acceptors (Lipinski definition) is 4. The first-order chi connectivity index (χ1) is 39.5. The van der Waals surface area contributed by atoms with Crippen LogP contribution in [-0.2, 0) is 16.2 Å². The Morgan fingerprint density at radius 3 is 1.66 bits per heavy atom. The van der Waals surface area contributed by atoms with E-state index in [0.717, 1.165) is 73.0 Å². The SMILES string of the molecule is CC(C)(C)c1cc(-[n+]2[c-]n(-c3cccc(Oc4ccc5c6cc(-c7cc8c9c(c7)N(c7ccccc7)c7ccccc7B9c7ccccc7N8c7ccccc7)ccc6n(-c6cc(C(C)(C)C)ccn6)c5c4)c3)cc2)cc(C(C)(C)C)c1. The van der Waals surface area contributed by atoms with Gasteiger partial charge >= 0.3 is 0 Å². The highest BCUT2D eigenvalue weighted by molar-refractivity contribution is 7.00. The van der Waals surface area contributed by atoms with Gasteiger partial charge in [-0.3, -0.25) is 13.7 Å². The smallest absolute Gasteiger partial charge is 0.268 e. The predicted molar refractivity (Wildman–Crippen MR) is 340 cm³/mol. The maximum atomic E-state index is 6.86. The van der Waals surface area contributed by atoms with Gasteiger partial charge in [-0.1, -0.05) is 153 Å². The fourth-order valence-corrected chi connectivity index (χ4v) is 12.3. The standard InChI is InChI=1S/C74H65BN6O/c1-72(2,3)51-35-36-76-70(45-51)81-64-34-31-49(39-61(64)60-33-32-59(47-67(60)81)82-58-26-20-25-56(46-58)77-37-38-78(48-77)57-43-52(73(4,5)6)42-53(44-57)74(7,8)9)50-40-68-71-69(41-50)80(55-23-14-11-15-24-55)66-30-19-17-28-63(66)75(71)62-27-16-18-29-65(62)79(68)54-21-12-10-13-22-54/h10-47H,1-9H3. The van der Waals surface area contributed by atoms with Crippen molar-refractivity contribution in [3.63, 3.8) is 0 Å². The quantitative estimate of drug-likeness (QED) is 0.0864. The van der Waals surface area contributed by atoms with Crippen LogP contribution in [0.1, 0.15) is 79.0 Å². The fraction of sp³-hybridized carbons (Fsp3) is 0.162. The molecule has 5 heterocycles. The molecule has 400 valence electrons. The number of imidazole rings is 1. The van der Waals surface area contributed by atoms with E-state index in [9.17, 15) is 0 Å². The van der Waals surface area contributed by atoms with E-state index in [-0.39, 0.29) is 23.0 Å². The maximum Gasteiger partial charge on any atom is 0.268 e. The van der Waals surface area contributed by atoms with Crippen LogP contribution >= 0.6 is 0 Å². The van der Waals surface area contributed by atoms with E-state index in [0.29, 0.717) is 0 Å². The highest BCUT2D eigenvalue weighted by Crippen LogP contribution is 2.47. The molecule has 0 saturated heterocycles. The van der Waals surface area contributed by atoms with Crippen LogP contribution in [0.3, 0.4) is 0 Å². The van der Waals surface area contributed by atoms with Gasteiger partial charge in [-0.2, -0.15) is 0 Å². The normalized spacial score (nSPS) is 13.1. The summed E-state index contributed by atoms with van der Waals surface area (Å²) < 4.78 is 13.3. The molecule has 0 unspecified atom stereocenters. The number of nitrogens with zero attached hydrogens (tertiary/aromatic N) is 6. The predicted octanol–water partition coefficient (Wildman–Crippen LogP) is 16.5. The first-order valence-corrected chi connectivity index (χ1v) is 28.6. The molecule has 0 radical (unpaired) electrons. The zero-order valence-electron chi connectivity index (χ0n) is 48.1. The number of ether oxygens (including phenoxy) is 1. The van der Waals surface area contributed by atoms with Gasteiger partial charge in [-0.15, -0.1) is 0 Å². The van der Waals surface area contributed by atoms with Crippen LogP contribution in [0.2, 0.25) is 0 Å². The molecule has 2 aliphatic heterocycles. The van der Waals surface area contributed by atoms with Crippen LogP contribution < -0.4 is 35.5 Å². The van der Waals surface area contributed by atoms with Crippen molar-refractivity contribution in [3.05, 3.63) is 254 Å². The van der Waals surface area contributed by atoms with Crippen LogP contribution in [-0.4, -0.2) is 20.8 Å². The Bertz CT molecular complexity index is 4310. The van der Waals surface area contributed by atoms with Crippen LogP contribution in [0.25, 0.3) is 50.1 Å². The number of para-hydroxylation sites is 4. The van der Waals surface area contributed by atoms with Crippen molar-refractivity contribution in [1.29, 1.82) is 0 Å². The number of rotatable bonds is 8. The monoisotopic (exact) mass is 1060 g/mol. The van der Waals surface area contributed by atoms with Gasteiger partial charge in [0.05, 0.1) is 22.4 Å². The largest absolute Gasteiger partial charge is 0.458 e. The molecule has 0 aliphatic carbocycles.